The number of hydrogen-bond donors (Lipinski definition) is 0. The number of fused-ring (bicyclic) bond motifs is 11. The molecule has 3 heterocycles. The third kappa shape index (κ3) is 2.76. The van der Waals surface area contributed by atoms with Crippen LogP contribution in [0.3, 0.4) is 0 Å². The maximum Gasteiger partial charge on any atom is 0.132 e. The van der Waals surface area contributed by atoms with Crippen LogP contribution in [0, 0.1) is 11.3 Å². The molecule has 6 aromatic carbocycles. The molecule has 190 valence electrons. The van der Waals surface area contributed by atoms with E-state index in [0.717, 1.165) is 33.8 Å². The smallest absolute Gasteiger partial charge is 0.132 e. The minimum absolute atomic E-state index is 0.590. The molecule has 41 heavy (non-hydrogen) atoms. The lowest BCUT2D eigenvalue weighted by Crippen LogP contribution is -2.37. The molecule has 0 fully saturated rings. The molecule has 0 amide bonds. The Morgan fingerprint density at radius 3 is 2.12 bits per heavy atom. The zero-order chi connectivity index (χ0) is 27.1. The van der Waals surface area contributed by atoms with E-state index in [-0.39, 0.29) is 0 Å². The first kappa shape index (κ1) is 22.2. The summed E-state index contributed by atoms with van der Waals surface area (Å²) in [4.78, 5) is 0. The van der Waals surface area contributed by atoms with Gasteiger partial charge in [-0.1, -0.05) is 91.0 Å². The number of aromatic nitrogens is 1. The molecule has 1 unspecified atom stereocenters. The van der Waals surface area contributed by atoms with Gasteiger partial charge in [0.25, 0.3) is 0 Å². The molecule has 0 N–H and O–H groups in total. The van der Waals surface area contributed by atoms with Gasteiger partial charge in [-0.05, 0) is 64.7 Å². The molecule has 2 aliphatic heterocycles. The molecule has 0 saturated carbocycles. The Morgan fingerprint density at radius 1 is 0.561 bits per heavy atom. The Hall–Kier alpha value is -5.59. The summed E-state index contributed by atoms with van der Waals surface area (Å²) in [5.74, 6) is 1.74. The molecule has 0 saturated heterocycles. The average Bonchev–Trinajstić information content (AvgIpc) is 3.38. The first-order valence-electron chi connectivity index (χ1n) is 13.8. The Bertz CT molecular complexity index is 2250. The van der Waals surface area contributed by atoms with Crippen molar-refractivity contribution in [1.29, 1.82) is 5.26 Å². The van der Waals surface area contributed by atoms with Crippen molar-refractivity contribution in [2.45, 2.75) is 5.41 Å². The van der Waals surface area contributed by atoms with Crippen molar-refractivity contribution in [3.05, 3.63) is 161 Å². The van der Waals surface area contributed by atoms with Crippen LogP contribution in [0.1, 0.15) is 27.8 Å². The molecular weight excluding hydrogens is 500 g/mol. The Morgan fingerprint density at radius 2 is 1.24 bits per heavy atom. The lowest BCUT2D eigenvalue weighted by Gasteiger charge is -2.45. The summed E-state index contributed by atoms with van der Waals surface area (Å²) < 4.78 is 9.09. The van der Waals surface area contributed by atoms with Gasteiger partial charge in [-0.2, -0.15) is 5.26 Å². The predicted molar refractivity (Wildman–Crippen MR) is 163 cm³/mol. The predicted octanol–water partition coefficient (Wildman–Crippen LogP) is 9.12. The molecule has 1 aromatic heterocycles. The number of para-hydroxylation sites is 4. The van der Waals surface area contributed by atoms with Gasteiger partial charge in [0.2, 0.25) is 0 Å². The lowest BCUT2D eigenvalue weighted by molar-refractivity contribution is 0.434. The molecule has 0 aliphatic carbocycles. The van der Waals surface area contributed by atoms with Crippen molar-refractivity contribution in [3.8, 4) is 34.4 Å². The van der Waals surface area contributed by atoms with Crippen molar-refractivity contribution in [2.24, 2.45) is 0 Å². The van der Waals surface area contributed by atoms with E-state index >= 15 is 0 Å². The Kier molecular flexibility index (Phi) is 4.33. The fourth-order valence-electron chi connectivity index (χ4n) is 7.24. The van der Waals surface area contributed by atoms with E-state index in [1.807, 2.05) is 24.3 Å². The van der Waals surface area contributed by atoms with Crippen molar-refractivity contribution >= 4 is 21.8 Å². The Labute approximate surface area is 237 Å². The van der Waals surface area contributed by atoms with E-state index in [4.69, 9.17) is 4.74 Å². The monoisotopic (exact) mass is 522 g/mol. The first-order valence-corrected chi connectivity index (χ1v) is 13.8. The van der Waals surface area contributed by atoms with Gasteiger partial charge in [0.1, 0.15) is 11.5 Å². The van der Waals surface area contributed by atoms with Gasteiger partial charge in [0, 0.05) is 21.9 Å². The van der Waals surface area contributed by atoms with Crippen LogP contribution in [0.5, 0.6) is 11.5 Å². The quantitative estimate of drug-likeness (QED) is 0.216. The second-order valence-electron chi connectivity index (χ2n) is 10.8. The zero-order valence-corrected chi connectivity index (χ0v) is 22.0. The van der Waals surface area contributed by atoms with Crippen molar-refractivity contribution in [3.63, 3.8) is 0 Å². The Balaban J connectivity index is 1.47. The number of rotatable bonds is 1. The van der Waals surface area contributed by atoms with Crippen molar-refractivity contribution in [2.75, 3.05) is 0 Å². The topological polar surface area (TPSA) is 37.9 Å². The molecule has 1 spiro atoms. The fraction of sp³-hybridized carbons (Fsp3) is 0.0263. The highest BCUT2D eigenvalue weighted by atomic mass is 16.5. The normalized spacial score (nSPS) is 16.1. The second kappa shape index (κ2) is 7.97. The van der Waals surface area contributed by atoms with Crippen LogP contribution in [-0.4, -0.2) is 4.57 Å². The van der Waals surface area contributed by atoms with Crippen LogP contribution in [-0.2, 0) is 5.41 Å². The SMILES string of the molecule is N#Cc1ccc(-c2ccc3c(c2)C2(c4ccccc4O3)c3ccccc3-n3c4ccccc4c4cccc2c43)cc1. The molecule has 3 heteroatoms. The molecule has 1 atom stereocenters. The van der Waals surface area contributed by atoms with Crippen LogP contribution >= 0.6 is 0 Å². The third-order valence-corrected chi connectivity index (χ3v) is 8.89. The molecule has 0 radical (unpaired) electrons. The average molecular weight is 523 g/mol. The summed E-state index contributed by atoms with van der Waals surface area (Å²) in [6.07, 6.45) is 0. The first-order chi connectivity index (χ1) is 20.3. The molecule has 9 rings (SSSR count). The standard InChI is InChI=1S/C38H22N2O/c39-23-24-16-18-25(19-17-24)26-20-21-36-32(22-26)38(30-11-3-6-15-35(30)41-36)29-10-2-5-14-34(29)40-33-13-4-1-8-27(33)28-9-7-12-31(38)37(28)40/h1-22H. The number of ether oxygens (including phenoxy) is 1. The molecule has 3 nitrogen and oxygen atoms in total. The highest BCUT2D eigenvalue weighted by Gasteiger charge is 2.50. The second-order valence-corrected chi connectivity index (χ2v) is 10.8. The maximum absolute atomic E-state index is 9.35. The number of hydrogen-bond acceptors (Lipinski definition) is 2. The van der Waals surface area contributed by atoms with Gasteiger partial charge in [0.15, 0.2) is 0 Å². The minimum atomic E-state index is -0.590. The summed E-state index contributed by atoms with van der Waals surface area (Å²) in [6.45, 7) is 0. The van der Waals surface area contributed by atoms with Crippen LogP contribution in [0.2, 0.25) is 0 Å². The van der Waals surface area contributed by atoms with Crippen LogP contribution in [0.25, 0.3) is 38.6 Å². The van der Waals surface area contributed by atoms with Gasteiger partial charge in [-0.15, -0.1) is 0 Å². The van der Waals surface area contributed by atoms with E-state index in [1.165, 1.54) is 38.6 Å². The van der Waals surface area contributed by atoms with Gasteiger partial charge in [0.05, 0.1) is 33.8 Å². The molecular formula is C38H22N2O. The highest BCUT2D eigenvalue weighted by molar-refractivity contribution is 6.12. The van der Waals surface area contributed by atoms with Gasteiger partial charge >= 0.3 is 0 Å². The van der Waals surface area contributed by atoms with Crippen LogP contribution in [0.15, 0.2) is 133 Å². The summed E-state index contributed by atoms with van der Waals surface area (Å²) in [6, 6.07) is 49.3. The van der Waals surface area contributed by atoms with Crippen molar-refractivity contribution < 1.29 is 4.74 Å². The van der Waals surface area contributed by atoms with E-state index in [0.29, 0.717) is 5.56 Å². The number of benzene rings is 6. The van der Waals surface area contributed by atoms with E-state index in [1.54, 1.807) is 0 Å². The number of nitriles is 1. The zero-order valence-electron chi connectivity index (χ0n) is 22.0. The van der Waals surface area contributed by atoms with E-state index in [9.17, 15) is 5.26 Å². The summed E-state index contributed by atoms with van der Waals surface area (Å²) in [5.41, 5.74) is 10.6. The molecule has 0 bridgehead atoms. The minimum Gasteiger partial charge on any atom is -0.457 e. The molecule has 7 aromatic rings. The molecule has 2 aliphatic rings. The summed E-state index contributed by atoms with van der Waals surface area (Å²) in [5, 5.41) is 11.8. The fourth-order valence-corrected chi connectivity index (χ4v) is 7.24. The third-order valence-electron chi connectivity index (χ3n) is 8.89. The number of nitrogens with zero attached hydrogens (tertiary/aromatic N) is 2. The van der Waals surface area contributed by atoms with Crippen molar-refractivity contribution in [1.82, 2.24) is 4.57 Å². The van der Waals surface area contributed by atoms with Gasteiger partial charge in [-0.3, -0.25) is 0 Å². The van der Waals surface area contributed by atoms with Gasteiger partial charge in [-0.25, -0.2) is 0 Å². The summed E-state index contributed by atoms with van der Waals surface area (Å²) in [7, 11) is 0. The van der Waals surface area contributed by atoms with Crippen LogP contribution in [0.4, 0.5) is 0 Å². The van der Waals surface area contributed by atoms with E-state index in [2.05, 4.69) is 120 Å². The van der Waals surface area contributed by atoms with E-state index < -0.39 is 5.41 Å². The van der Waals surface area contributed by atoms with Gasteiger partial charge < -0.3 is 9.30 Å². The highest BCUT2D eigenvalue weighted by Crippen LogP contribution is 2.60. The maximum atomic E-state index is 9.35. The van der Waals surface area contributed by atoms with Crippen LogP contribution < -0.4 is 4.74 Å². The lowest BCUT2D eigenvalue weighted by atomic mass is 9.61. The largest absolute Gasteiger partial charge is 0.457 e. The summed E-state index contributed by atoms with van der Waals surface area (Å²) >= 11 is 0.